The highest BCUT2D eigenvalue weighted by Gasteiger charge is 2.50. The summed E-state index contributed by atoms with van der Waals surface area (Å²) in [6, 6.07) is 6.36. The van der Waals surface area contributed by atoms with E-state index in [0.29, 0.717) is 48.2 Å². The van der Waals surface area contributed by atoms with Crippen molar-refractivity contribution in [1.29, 1.82) is 0 Å². The number of rotatable bonds is 5. The van der Waals surface area contributed by atoms with Gasteiger partial charge in [-0.25, -0.2) is 22.9 Å². The number of terminal acetylenes is 1. The molecule has 5 aliphatic rings. The Morgan fingerprint density at radius 1 is 1.15 bits per heavy atom. The number of nitrogens with one attached hydrogen (secondary N) is 1. The molecule has 0 unspecified atom stereocenters. The molecule has 6 atom stereocenters. The minimum Gasteiger partial charge on any atom is -0.461 e. The van der Waals surface area contributed by atoms with Gasteiger partial charge in [0.25, 0.3) is 0 Å². The Balaban J connectivity index is 1.26. The standard InChI is InChI=1S/C39H40F3N7O3/c1-5-25-27(41)9-7-21-14-24(52-38(50)47(3)4)15-26(30(21)25)33-32(42)34-31-29(44-33)13-20(2)35-28-10-8-23(43-28)18-49(35)36(31)46-37(45-34)51-19-39-11-6-12-48(39)17-22(40)16-39/h1,7,9,14-15,20,22-23,28,35,43H,6,8,10-13,16-19H2,2-4H3/t20-,22+,23+,28-,35-,39-/m0/s1. The van der Waals surface area contributed by atoms with Crippen LogP contribution in [0.3, 0.4) is 0 Å². The fourth-order valence-electron chi connectivity index (χ4n) is 9.64. The van der Waals surface area contributed by atoms with Crippen molar-refractivity contribution in [3.05, 3.63) is 47.2 Å². The van der Waals surface area contributed by atoms with Gasteiger partial charge in [0.05, 0.1) is 22.2 Å². The average molecular weight is 712 g/mol. The second-order valence-electron chi connectivity index (χ2n) is 15.4. The molecule has 0 spiro atoms. The number of benzene rings is 2. The zero-order valence-corrected chi connectivity index (χ0v) is 29.4. The van der Waals surface area contributed by atoms with E-state index in [0.717, 1.165) is 32.2 Å². The molecular weight excluding hydrogens is 671 g/mol. The maximum Gasteiger partial charge on any atom is 0.414 e. The molecule has 4 fully saturated rings. The summed E-state index contributed by atoms with van der Waals surface area (Å²) in [6.07, 6.45) is 8.97. The zero-order chi connectivity index (χ0) is 36.1. The molecule has 2 bridgehead atoms. The van der Waals surface area contributed by atoms with Crippen LogP contribution in [-0.4, -0.2) is 101 Å². The highest BCUT2D eigenvalue weighted by atomic mass is 19.1. The van der Waals surface area contributed by atoms with Gasteiger partial charge in [0.15, 0.2) is 5.82 Å². The molecule has 2 aromatic heterocycles. The molecule has 0 aliphatic carbocycles. The van der Waals surface area contributed by atoms with Crippen LogP contribution < -0.4 is 19.7 Å². The predicted octanol–water partition coefficient (Wildman–Crippen LogP) is 5.62. The Morgan fingerprint density at radius 3 is 2.81 bits per heavy atom. The third-order valence-corrected chi connectivity index (χ3v) is 11.9. The molecule has 10 nitrogen and oxygen atoms in total. The number of pyridine rings is 1. The molecule has 9 rings (SSSR count). The van der Waals surface area contributed by atoms with E-state index in [-0.39, 0.29) is 70.1 Å². The van der Waals surface area contributed by atoms with Crippen LogP contribution >= 0.6 is 0 Å². The van der Waals surface area contributed by atoms with Crippen LogP contribution in [0.4, 0.5) is 23.8 Å². The summed E-state index contributed by atoms with van der Waals surface area (Å²) in [5, 5.41) is 5.00. The normalized spacial score (nSPS) is 27.7. The molecule has 4 saturated heterocycles. The third kappa shape index (κ3) is 5.16. The summed E-state index contributed by atoms with van der Waals surface area (Å²) in [5.74, 6) is 1.82. The molecule has 4 aromatic rings. The van der Waals surface area contributed by atoms with Crippen LogP contribution in [0.1, 0.15) is 50.3 Å². The number of carbonyl (C=O) groups is 1. The summed E-state index contributed by atoms with van der Waals surface area (Å²) in [7, 11) is 3.10. The number of piperazine rings is 1. The van der Waals surface area contributed by atoms with Gasteiger partial charge in [-0.05, 0) is 68.2 Å². The number of carbonyl (C=O) groups excluding carboxylic acids is 1. The number of fused-ring (bicyclic) bond motifs is 7. The fourth-order valence-corrected chi connectivity index (χ4v) is 9.64. The minimum absolute atomic E-state index is 0.0149. The number of amides is 1. The summed E-state index contributed by atoms with van der Waals surface area (Å²) in [5.41, 5.74) is 0.176. The Kier molecular flexibility index (Phi) is 7.79. The Bertz CT molecular complexity index is 2190. The second-order valence-corrected chi connectivity index (χ2v) is 15.4. The molecule has 0 saturated carbocycles. The lowest BCUT2D eigenvalue weighted by molar-refractivity contribution is 0.107. The molecule has 52 heavy (non-hydrogen) atoms. The van der Waals surface area contributed by atoms with Crippen molar-refractivity contribution in [2.45, 2.75) is 75.3 Å². The van der Waals surface area contributed by atoms with E-state index < -0.39 is 29.4 Å². The maximum atomic E-state index is 17.5. The van der Waals surface area contributed by atoms with Gasteiger partial charge in [0.2, 0.25) is 0 Å². The molecular formula is C39H40F3N7O3. The first-order valence-electron chi connectivity index (χ1n) is 18.1. The van der Waals surface area contributed by atoms with E-state index in [1.165, 1.54) is 23.1 Å². The minimum atomic E-state index is -0.932. The monoisotopic (exact) mass is 711 g/mol. The lowest BCUT2D eigenvalue weighted by Crippen LogP contribution is -2.60. The van der Waals surface area contributed by atoms with Crippen LogP contribution in [0.5, 0.6) is 11.8 Å². The van der Waals surface area contributed by atoms with Crippen LogP contribution in [0.15, 0.2) is 24.3 Å². The van der Waals surface area contributed by atoms with Gasteiger partial charge in [0, 0.05) is 62.7 Å². The molecule has 5 aliphatic heterocycles. The Morgan fingerprint density at radius 2 is 2.00 bits per heavy atom. The van der Waals surface area contributed by atoms with Crippen molar-refractivity contribution in [2.24, 2.45) is 5.92 Å². The number of anilines is 1. The van der Waals surface area contributed by atoms with Crippen LogP contribution in [-0.2, 0) is 6.42 Å². The first-order valence-corrected chi connectivity index (χ1v) is 18.1. The summed E-state index contributed by atoms with van der Waals surface area (Å²) in [4.78, 5) is 33.1. The fraction of sp³-hybridized carbons (Fsp3) is 0.487. The van der Waals surface area contributed by atoms with Crippen molar-refractivity contribution < 1.29 is 27.4 Å². The second kappa shape index (κ2) is 12.2. The summed E-state index contributed by atoms with van der Waals surface area (Å²) >= 11 is 0. The lowest BCUT2D eigenvalue weighted by Gasteiger charge is -2.43. The number of ether oxygens (including phenoxy) is 2. The maximum absolute atomic E-state index is 17.5. The number of hydrogen-bond acceptors (Lipinski definition) is 9. The summed E-state index contributed by atoms with van der Waals surface area (Å²) in [6.45, 7) is 4.23. The lowest BCUT2D eigenvalue weighted by atomic mass is 9.89. The highest BCUT2D eigenvalue weighted by molar-refractivity contribution is 6.04. The van der Waals surface area contributed by atoms with Crippen LogP contribution in [0, 0.1) is 29.9 Å². The highest BCUT2D eigenvalue weighted by Crippen LogP contribution is 2.46. The van der Waals surface area contributed by atoms with Gasteiger partial charge in [-0.15, -0.1) is 6.42 Å². The van der Waals surface area contributed by atoms with E-state index in [4.69, 9.17) is 30.8 Å². The topological polar surface area (TPSA) is 95.9 Å². The number of hydrogen-bond donors (Lipinski definition) is 1. The first-order chi connectivity index (χ1) is 25.0. The van der Waals surface area contributed by atoms with Gasteiger partial charge in [-0.3, -0.25) is 4.90 Å². The van der Waals surface area contributed by atoms with E-state index in [1.54, 1.807) is 20.2 Å². The van der Waals surface area contributed by atoms with Crippen molar-refractivity contribution in [3.63, 3.8) is 0 Å². The van der Waals surface area contributed by atoms with Gasteiger partial charge in [0.1, 0.15) is 41.4 Å². The molecule has 1 amide bonds. The number of alkyl halides is 1. The Hall–Kier alpha value is -4.67. The third-order valence-electron chi connectivity index (χ3n) is 11.9. The predicted molar refractivity (Wildman–Crippen MR) is 190 cm³/mol. The molecule has 0 radical (unpaired) electrons. The van der Waals surface area contributed by atoms with E-state index in [9.17, 15) is 9.18 Å². The van der Waals surface area contributed by atoms with Crippen molar-refractivity contribution in [3.8, 4) is 35.4 Å². The van der Waals surface area contributed by atoms with E-state index in [2.05, 4.69) is 28.0 Å². The van der Waals surface area contributed by atoms with Crippen molar-refractivity contribution in [1.82, 2.24) is 30.1 Å². The van der Waals surface area contributed by atoms with Gasteiger partial charge < -0.3 is 24.6 Å². The molecule has 7 heterocycles. The molecule has 270 valence electrons. The van der Waals surface area contributed by atoms with Gasteiger partial charge in [-0.1, -0.05) is 18.9 Å². The van der Waals surface area contributed by atoms with Gasteiger partial charge >= 0.3 is 12.1 Å². The smallest absolute Gasteiger partial charge is 0.414 e. The van der Waals surface area contributed by atoms with E-state index in [1.807, 2.05) is 0 Å². The number of halogens is 3. The quantitative estimate of drug-likeness (QED) is 0.265. The summed E-state index contributed by atoms with van der Waals surface area (Å²) < 4.78 is 59.5. The molecule has 1 N–H and O–H groups in total. The first kappa shape index (κ1) is 33.2. The van der Waals surface area contributed by atoms with Crippen molar-refractivity contribution in [2.75, 3.05) is 45.2 Å². The van der Waals surface area contributed by atoms with Crippen LogP contribution in [0.25, 0.3) is 32.9 Å². The largest absolute Gasteiger partial charge is 0.461 e. The SMILES string of the molecule is C#Cc1c(F)ccc2cc(OC(=O)N(C)C)cc(-c3nc4c5c(nc(OC[C@@]67CCCN6C[C@H](F)C7)nc5c3F)N3C[C@H]5CC[C@H](N5)[C@@H]3[C@@H](C)C4)c12. The molecule has 13 heteroatoms. The molecule has 2 aromatic carbocycles. The number of nitrogens with zero attached hydrogens (tertiary/aromatic N) is 6. The van der Waals surface area contributed by atoms with Crippen molar-refractivity contribution >= 4 is 33.6 Å². The zero-order valence-electron chi connectivity index (χ0n) is 29.4. The van der Waals surface area contributed by atoms with E-state index >= 15 is 8.78 Å². The Labute approximate surface area is 299 Å². The number of aromatic nitrogens is 3. The van der Waals surface area contributed by atoms with Crippen LogP contribution in [0.2, 0.25) is 0 Å². The van der Waals surface area contributed by atoms with Gasteiger partial charge in [-0.2, -0.15) is 9.97 Å². The average Bonchev–Trinajstić information content (AvgIpc) is 3.76.